The molecule has 0 heterocycles. The van der Waals surface area contributed by atoms with Crippen molar-refractivity contribution in [3.05, 3.63) is 0 Å². The maximum atomic E-state index is 8.99. The SMILES string of the molecule is CC(C#N)CN(C)C12CC3CC(CC(C3)C1)C2. The highest BCUT2D eigenvalue weighted by atomic mass is 15.2. The van der Waals surface area contributed by atoms with E-state index in [4.69, 9.17) is 5.26 Å². The van der Waals surface area contributed by atoms with Gasteiger partial charge < -0.3 is 0 Å². The molecule has 1 atom stereocenters. The number of hydrogen-bond donors (Lipinski definition) is 0. The second kappa shape index (κ2) is 3.99. The second-order valence-corrected chi connectivity index (χ2v) is 7.05. The van der Waals surface area contributed by atoms with Crippen molar-refractivity contribution in [1.29, 1.82) is 5.26 Å². The van der Waals surface area contributed by atoms with Gasteiger partial charge in [0.1, 0.15) is 0 Å². The van der Waals surface area contributed by atoms with Crippen LogP contribution in [0.25, 0.3) is 0 Å². The molecule has 1 unspecified atom stereocenters. The lowest BCUT2D eigenvalue weighted by Crippen LogP contribution is -2.59. The van der Waals surface area contributed by atoms with Crippen molar-refractivity contribution < 1.29 is 0 Å². The molecule has 0 aliphatic heterocycles. The molecule has 0 aromatic heterocycles. The molecule has 4 rings (SSSR count). The number of hydrogen-bond acceptors (Lipinski definition) is 2. The van der Waals surface area contributed by atoms with Gasteiger partial charge in [0.25, 0.3) is 0 Å². The van der Waals surface area contributed by atoms with Crippen LogP contribution in [0, 0.1) is 35.0 Å². The zero-order valence-corrected chi connectivity index (χ0v) is 11.2. The Morgan fingerprint density at radius 3 is 2.06 bits per heavy atom. The molecule has 4 fully saturated rings. The molecule has 0 spiro atoms. The van der Waals surface area contributed by atoms with Gasteiger partial charge in [-0.1, -0.05) is 0 Å². The van der Waals surface area contributed by atoms with Crippen LogP contribution in [0.3, 0.4) is 0 Å². The van der Waals surface area contributed by atoms with E-state index in [1.54, 1.807) is 0 Å². The van der Waals surface area contributed by atoms with Crippen molar-refractivity contribution in [2.45, 2.75) is 51.0 Å². The van der Waals surface area contributed by atoms with E-state index in [0.29, 0.717) is 5.54 Å². The topological polar surface area (TPSA) is 27.0 Å². The van der Waals surface area contributed by atoms with E-state index in [-0.39, 0.29) is 5.92 Å². The maximum absolute atomic E-state index is 8.99. The Bertz CT molecular complexity index is 306. The minimum atomic E-state index is 0.174. The molecular weight excluding hydrogens is 208 g/mol. The van der Waals surface area contributed by atoms with E-state index >= 15 is 0 Å². The molecule has 4 saturated carbocycles. The minimum Gasteiger partial charge on any atom is -0.299 e. The molecule has 94 valence electrons. The minimum absolute atomic E-state index is 0.174. The van der Waals surface area contributed by atoms with E-state index in [1.165, 1.54) is 38.5 Å². The lowest BCUT2D eigenvalue weighted by atomic mass is 9.52. The van der Waals surface area contributed by atoms with Crippen molar-refractivity contribution in [2.24, 2.45) is 23.7 Å². The van der Waals surface area contributed by atoms with Gasteiger partial charge in [0.2, 0.25) is 0 Å². The molecular formula is C15H24N2. The zero-order chi connectivity index (χ0) is 12.0. The van der Waals surface area contributed by atoms with Crippen LogP contribution in [0.15, 0.2) is 0 Å². The average Bonchev–Trinajstić information content (AvgIpc) is 2.26. The number of nitriles is 1. The van der Waals surface area contributed by atoms with Gasteiger partial charge in [0, 0.05) is 12.1 Å². The Morgan fingerprint density at radius 1 is 1.18 bits per heavy atom. The van der Waals surface area contributed by atoms with Gasteiger partial charge >= 0.3 is 0 Å². The van der Waals surface area contributed by atoms with Crippen LogP contribution in [-0.2, 0) is 0 Å². The molecule has 0 N–H and O–H groups in total. The Labute approximate surface area is 105 Å². The average molecular weight is 232 g/mol. The smallest absolute Gasteiger partial charge is 0.0666 e. The monoisotopic (exact) mass is 232 g/mol. The summed E-state index contributed by atoms with van der Waals surface area (Å²) in [5, 5.41) is 8.99. The summed E-state index contributed by atoms with van der Waals surface area (Å²) >= 11 is 0. The van der Waals surface area contributed by atoms with Gasteiger partial charge in [-0.05, 0) is 70.3 Å². The lowest BCUT2D eigenvalue weighted by molar-refractivity contribution is -0.0809. The molecule has 4 aliphatic rings. The summed E-state index contributed by atoms with van der Waals surface area (Å²) in [4.78, 5) is 2.55. The quantitative estimate of drug-likeness (QED) is 0.748. The Morgan fingerprint density at radius 2 is 1.65 bits per heavy atom. The molecule has 17 heavy (non-hydrogen) atoms. The molecule has 2 heteroatoms. The molecule has 0 radical (unpaired) electrons. The van der Waals surface area contributed by atoms with E-state index in [2.05, 4.69) is 24.9 Å². The largest absolute Gasteiger partial charge is 0.299 e. The van der Waals surface area contributed by atoms with Crippen LogP contribution >= 0.6 is 0 Å². The molecule has 0 aromatic rings. The summed E-state index contributed by atoms with van der Waals surface area (Å²) in [6, 6.07) is 2.39. The highest BCUT2D eigenvalue weighted by Gasteiger charge is 2.52. The van der Waals surface area contributed by atoms with Crippen LogP contribution < -0.4 is 0 Å². The maximum Gasteiger partial charge on any atom is 0.0666 e. The summed E-state index contributed by atoms with van der Waals surface area (Å²) in [5.41, 5.74) is 0.472. The normalized spacial score (nSPS) is 44.9. The molecule has 4 aliphatic carbocycles. The second-order valence-electron chi connectivity index (χ2n) is 7.05. The fraction of sp³-hybridized carbons (Fsp3) is 0.933. The third kappa shape index (κ3) is 1.89. The highest BCUT2D eigenvalue weighted by molar-refractivity contribution is 5.07. The van der Waals surface area contributed by atoms with Gasteiger partial charge in [-0.15, -0.1) is 0 Å². The highest BCUT2D eigenvalue weighted by Crippen LogP contribution is 2.57. The molecule has 4 bridgehead atoms. The van der Waals surface area contributed by atoms with Crippen molar-refractivity contribution in [2.75, 3.05) is 13.6 Å². The summed E-state index contributed by atoms with van der Waals surface area (Å²) in [7, 11) is 2.26. The van der Waals surface area contributed by atoms with Gasteiger partial charge in [-0.25, -0.2) is 0 Å². The van der Waals surface area contributed by atoms with Crippen LogP contribution in [0.4, 0.5) is 0 Å². The predicted octanol–water partition coefficient (Wildman–Crippen LogP) is 3.05. The van der Waals surface area contributed by atoms with Crippen molar-refractivity contribution in [1.82, 2.24) is 4.90 Å². The first-order valence-corrected chi connectivity index (χ1v) is 7.22. The Hall–Kier alpha value is -0.550. The molecule has 0 amide bonds. The Balaban J connectivity index is 1.75. The summed E-state index contributed by atoms with van der Waals surface area (Å²) < 4.78 is 0. The first-order chi connectivity index (χ1) is 8.11. The van der Waals surface area contributed by atoms with Gasteiger partial charge in [-0.3, -0.25) is 4.90 Å². The summed E-state index contributed by atoms with van der Waals surface area (Å²) in [6.07, 6.45) is 8.73. The summed E-state index contributed by atoms with van der Waals surface area (Å²) in [5.74, 6) is 3.18. The third-order valence-electron chi connectivity index (χ3n) is 5.58. The van der Waals surface area contributed by atoms with Crippen molar-refractivity contribution in [3.63, 3.8) is 0 Å². The fourth-order valence-corrected chi connectivity index (χ4v) is 5.18. The molecule has 2 nitrogen and oxygen atoms in total. The molecule has 0 aromatic carbocycles. The number of rotatable bonds is 3. The van der Waals surface area contributed by atoms with E-state index in [9.17, 15) is 0 Å². The van der Waals surface area contributed by atoms with Gasteiger partial charge in [-0.2, -0.15) is 5.26 Å². The van der Waals surface area contributed by atoms with E-state index in [1.807, 2.05) is 0 Å². The number of nitrogens with zero attached hydrogens (tertiary/aromatic N) is 2. The van der Waals surface area contributed by atoms with E-state index in [0.717, 1.165) is 24.3 Å². The lowest BCUT2D eigenvalue weighted by Gasteiger charge is -2.60. The van der Waals surface area contributed by atoms with Crippen molar-refractivity contribution in [3.8, 4) is 6.07 Å². The van der Waals surface area contributed by atoms with Crippen LogP contribution in [0.1, 0.15) is 45.4 Å². The first-order valence-electron chi connectivity index (χ1n) is 7.22. The van der Waals surface area contributed by atoms with Gasteiger partial charge in [0.15, 0.2) is 0 Å². The van der Waals surface area contributed by atoms with Gasteiger partial charge in [0.05, 0.1) is 12.0 Å². The standard InChI is InChI=1S/C15H24N2/c1-11(9-16)10-17(2)15-6-12-3-13(7-15)5-14(4-12)8-15/h11-14H,3-8,10H2,1-2H3. The van der Waals surface area contributed by atoms with Crippen LogP contribution in [-0.4, -0.2) is 24.0 Å². The van der Waals surface area contributed by atoms with E-state index < -0.39 is 0 Å². The predicted molar refractivity (Wildman–Crippen MR) is 68.3 cm³/mol. The van der Waals surface area contributed by atoms with Crippen molar-refractivity contribution >= 4 is 0 Å². The third-order valence-corrected chi connectivity index (χ3v) is 5.58. The first kappa shape index (κ1) is 11.5. The fourth-order valence-electron chi connectivity index (χ4n) is 5.18. The Kier molecular flexibility index (Phi) is 2.70. The van der Waals surface area contributed by atoms with Crippen LogP contribution in [0.5, 0.6) is 0 Å². The molecule has 0 saturated heterocycles. The van der Waals surface area contributed by atoms with Crippen LogP contribution in [0.2, 0.25) is 0 Å². The zero-order valence-electron chi connectivity index (χ0n) is 11.2. The summed E-state index contributed by atoms with van der Waals surface area (Å²) in [6.45, 7) is 3.01.